The fourth-order valence-corrected chi connectivity index (χ4v) is 3.26. The standard InChI is InChI=1S/C20H31N3O2/c1-2-3-8-18(13-21)23-20(25)17-11-9-15(10-12-17)14-22-19(24)16-6-4-5-7-16/h9-12,16,18H,2-8,13-14,21H2,1H3,(H,22,24)(H,23,25). The fraction of sp³-hybridized carbons (Fsp3) is 0.600. The number of carbonyl (C=O) groups is 2. The van der Waals surface area contributed by atoms with Gasteiger partial charge in [0.05, 0.1) is 0 Å². The Balaban J connectivity index is 1.81. The van der Waals surface area contributed by atoms with Crippen LogP contribution in [-0.2, 0) is 11.3 Å². The van der Waals surface area contributed by atoms with Gasteiger partial charge in [-0.3, -0.25) is 9.59 Å². The SMILES string of the molecule is CCCCC(CN)NC(=O)c1ccc(CNC(=O)C2CCCC2)cc1. The van der Waals surface area contributed by atoms with Gasteiger partial charge in [-0.1, -0.05) is 44.7 Å². The summed E-state index contributed by atoms with van der Waals surface area (Å²) in [6.07, 6.45) is 7.38. The molecule has 5 heteroatoms. The molecular weight excluding hydrogens is 314 g/mol. The number of carbonyl (C=O) groups excluding carboxylic acids is 2. The van der Waals surface area contributed by atoms with Gasteiger partial charge >= 0.3 is 0 Å². The van der Waals surface area contributed by atoms with Gasteiger partial charge in [-0.2, -0.15) is 0 Å². The van der Waals surface area contributed by atoms with E-state index < -0.39 is 0 Å². The second kappa shape index (κ2) is 10.2. The van der Waals surface area contributed by atoms with Crippen LogP contribution in [0.25, 0.3) is 0 Å². The molecule has 1 aliphatic carbocycles. The Bertz CT molecular complexity index is 551. The number of hydrogen-bond donors (Lipinski definition) is 3. The van der Waals surface area contributed by atoms with Crippen LogP contribution in [0.1, 0.15) is 67.8 Å². The minimum absolute atomic E-state index is 0.0258. The molecule has 4 N–H and O–H groups in total. The Hall–Kier alpha value is -1.88. The van der Waals surface area contributed by atoms with Crippen LogP contribution in [0, 0.1) is 5.92 Å². The summed E-state index contributed by atoms with van der Waals surface area (Å²) in [6, 6.07) is 7.43. The van der Waals surface area contributed by atoms with E-state index in [1.807, 2.05) is 12.1 Å². The maximum Gasteiger partial charge on any atom is 0.251 e. The van der Waals surface area contributed by atoms with Gasteiger partial charge in [0, 0.05) is 30.6 Å². The second-order valence-electron chi connectivity index (χ2n) is 6.94. The maximum atomic E-state index is 12.3. The average Bonchev–Trinajstić information content (AvgIpc) is 3.18. The zero-order valence-corrected chi connectivity index (χ0v) is 15.2. The van der Waals surface area contributed by atoms with Crippen molar-refractivity contribution >= 4 is 11.8 Å². The number of nitrogens with one attached hydrogen (secondary N) is 2. The maximum absolute atomic E-state index is 12.3. The molecular formula is C20H31N3O2. The number of rotatable bonds is 9. The van der Waals surface area contributed by atoms with Gasteiger partial charge in [-0.05, 0) is 37.0 Å². The lowest BCUT2D eigenvalue weighted by atomic mass is 10.1. The zero-order valence-electron chi connectivity index (χ0n) is 15.2. The summed E-state index contributed by atoms with van der Waals surface area (Å²) in [6.45, 7) is 3.09. The van der Waals surface area contributed by atoms with Gasteiger partial charge < -0.3 is 16.4 Å². The fourth-order valence-electron chi connectivity index (χ4n) is 3.26. The van der Waals surface area contributed by atoms with Crippen molar-refractivity contribution in [2.45, 2.75) is 64.5 Å². The highest BCUT2D eigenvalue weighted by atomic mass is 16.2. The summed E-state index contributed by atoms with van der Waals surface area (Å²) in [4.78, 5) is 24.3. The molecule has 0 bridgehead atoms. The van der Waals surface area contributed by atoms with Gasteiger partial charge in [0.2, 0.25) is 5.91 Å². The zero-order chi connectivity index (χ0) is 18.1. The molecule has 0 aliphatic heterocycles. The quantitative estimate of drug-likeness (QED) is 0.643. The molecule has 1 aromatic rings. The minimum Gasteiger partial charge on any atom is -0.352 e. The van der Waals surface area contributed by atoms with Crippen LogP contribution in [0.4, 0.5) is 0 Å². The monoisotopic (exact) mass is 345 g/mol. The Morgan fingerprint density at radius 3 is 2.48 bits per heavy atom. The third-order valence-corrected chi connectivity index (χ3v) is 4.93. The van der Waals surface area contributed by atoms with Crippen molar-refractivity contribution in [2.24, 2.45) is 11.7 Å². The predicted octanol–water partition coefficient (Wildman–Crippen LogP) is 2.74. The van der Waals surface area contributed by atoms with Crippen molar-refractivity contribution in [3.05, 3.63) is 35.4 Å². The van der Waals surface area contributed by atoms with E-state index in [1.54, 1.807) is 12.1 Å². The van der Waals surface area contributed by atoms with E-state index in [4.69, 9.17) is 5.73 Å². The Morgan fingerprint density at radius 1 is 1.20 bits per heavy atom. The lowest BCUT2D eigenvalue weighted by Gasteiger charge is -2.16. The van der Waals surface area contributed by atoms with E-state index >= 15 is 0 Å². The molecule has 0 saturated heterocycles. The van der Waals surface area contributed by atoms with E-state index in [0.29, 0.717) is 18.7 Å². The summed E-state index contributed by atoms with van der Waals surface area (Å²) in [5.41, 5.74) is 7.36. The molecule has 1 aromatic carbocycles. The first-order chi connectivity index (χ1) is 12.1. The summed E-state index contributed by atoms with van der Waals surface area (Å²) >= 11 is 0. The first kappa shape index (κ1) is 19.4. The van der Waals surface area contributed by atoms with Crippen molar-refractivity contribution in [3.8, 4) is 0 Å². The first-order valence-electron chi connectivity index (χ1n) is 9.51. The Labute approximate surface area is 150 Å². The molecule has 1 unspecified atom stereocenters. The first-order valence-corrected chi connectivity index (χ1v) is 9.51. The largest absolute Gasteiger partial charge is 0.352 e. The highest BCUT2D eigenvalue weighted by Gasteiger charge is 2.22. The highest BCUT2D eigenvalue weighted by Crippen LogP contribution is 2.24. The molecule has 1 aliphatic rings. The molecule has 25 heavy (non-hydrogen) atoms. The number of amides is 2. The third-order valence-electron chi connectivity index (χ3n) is 4.93. The molecule has 1 atom stereocenters. The van der Waals surface area contributed by atoms with Crippen LogP contribution in [0.2, 0.25) is 0 Å². The lowest BCUT2D eigenvalue weighted by molar-refractivity contribution is -0.124. The van der Waals surface area contributed by atoms with Gasteiger partial charge in [0.1, 0.15) is 0 Å². The minimum atomic E-state index is -0.0897. The number of unbranched alkanes of at least 4 members (excludes halogenated alkanes) is 1. The molecule has 5 nitrogen and oxygen atoms in total. The highest BCUT2D eigenvalue weighted by molar-refractivity contribution is 5.94. The average molecular weight is 345 g/mol. The summed E-state index contributed by atoms with van der Waals surface area (Å²) < 4.78 is 0. The van der Waals surface area contributed by atoms with Crippen molar-refractivity contribution < 1.29 is 9.59 Å². The van der Waals surface area contributed by atoms with E-state index in [-0.39, 0.29) is 23.8 Å². The number of benzene rings is 1. The van der Waals surface area contributed by atoms with Crippen molar-refractivity contribution in [1.29, 1.82) is 0 Å². The number of nitrogens with two attached hydrogens (primary N) is 1. The van der Waals surface area contributed by atoms with Crippen LogP contribution < -0.4 is 16.4 Å². The summed E-state index contributed by atoms with van der Waals surface area (Å²) in [5, 5.41) is 5.99. The molecule has 1 fully saturated rings. The Kier molecular flexibility index (Phi) is 7.92. The van der Waals surface area contributed by atoms with Gasteiger partial charge in [-0.25, -0.2) is 0 Å². The molecule has 0 aromatic heterocycles. The van der Waals surface area contributed by atoms with Crippen LogP contribution in [0.3, 0.4) is 0 Å². The molecule has 0 radical (unpaired) electrons. The van der Waals surface area contributed by atoms with Crippen molar-refractivity contribution in [2.75, 3.05) is 6.54 Å². The normalized spacial score (nSPS) is 15.8. The molecule has 2 rings (SSSR count). The van der Waals surface area contributed by atoms with Crippen LogP contribution >= 0.6 is 0 Å². The van der Waals surface area contributed by atoms with E-state index in [1.165, 1.54) is 0 Å². The lowest BCUT2D eigenvalue weighted by Crippen LogP contribution is -2.40. The predicted molar refractivity (Wildman–Crippen MR) is 100 cm³/mol. The topological polar surface area (TPSA) is 84.2 Å². The van der Waals surface area contributed by atoms with Gasteiger partial charge in [-0.15, -0.1) is 0 Å². The number of hydrogen-bond acceptors (Lipinski definition) is 3. The summed E-state index contributed by atoms with van der Waals surface area (Å²) in [7, 11) is 0. The van der Waals surface area contributed by atoms with E-state index in [2.05, 4.69) is 17.6 Å². The van der Waals surface area contributed by atoms with Gasteiger partial charge in [0.15, 0.2) is 0 Å². The molecule has 138 valence electrons. The van der Waals surface area contributed by atoms with Crippen molar-refractivity contribution in [1.82, 2.24) is 10.6 Å². The smallest absolute Gasteiger partial charge is 0.251 e. The van der Waals surface area contributed by atoms with E-state index in [9.17, 15) is 9.59 Å². The molecule has 1 saturated carbocycles. The van der Waals surface area contributed by atoms with Crippen molar-refractivity contribution in [3.63, 3.8) is 0 Å². The van der Waals surface area contributed by atoms with Crippen LogP contribution in [0.15, 0.2) is 24.3 Å². The third kappa shape index (κ3) is 6.16. The summed E-state index contributed by atoms with van der Waals surface area (Å²) in [5.74, 6) is 0.246. The van der Waals surface area contributed by atoms with E-state index in [0.717, 1.165) is 50.5 Å². The van der Waals surface area contributed by atoms with Gasteiger partial charge in [0.25, 0.3) is 5.91 Å². The molecule has 0 heterocycles. The molecule has 0 spiro atoms. The second-order valence-corrected chi connectivity index (χ2v) is 6.94. The molecule has 2 amide bonds. The Morgan fingerprint density at radius 2 is 1.88 bits per heavy atom. The van der Waals surface area contributed by atoms with Crippen LogP contribution in [0.5, 0.6) is 0 Å². The van der Waals surface area contributed by atoms with Crippen LogP contribution in [-0.4, -0.2) is 24.4 Å².